The summed E-state index contributed by atoms with van der Waals surface area (Å²) >= 11 is 0. The van der Waals surface area contributed by atoms with E-state index in [9.17, 15) is 13.2 Å². The first kappa shape index (κ1) is 13.1. The Bertz CT molecular complexity index is 766. The number of benzene rings is 1. The van der Waals surface area contributed by atoms with Crippen LogP contribution in [0.15, 0.2) is 36.5 Å². The van der Waals surface area contributed by atoms with E-state index < -0.39 is 9.84 Å². The summed E-state index contributed by atoms with van der Waals surface area (Å²) in [4.78, 5) is 16.5. The van der Waals surface area contributed by atoms with Crippen molar-refractivity contribution in [3.05, 3.63) is 42.1 Å². The summed E-state index contributed by atoms with van der Waals surface area (Å²) in [6.07, 6.45) is 2.12. The van der Waals surface area contributed by atoms with Crippen molar-refractivity contribution in [2.45, 2.75) is 12.5 Å². The van der Waals surface area contributed by atoms with Crippen LogP contribution in [0.25, 0.3) is 10.9 Å². The van der Waals surface area contributed by atoms with Crippen molar-refractivity contribution in [1.82, 2.24) is 10.3 Å². The van der Waals surface area contributed by atoms with Crippen LogP contribution in [-0.4, -0.2) is 36.9 Å². The van der Waals surface area contributed by atoms with E-state index in [1.54, 1.807) is 18.3 Å². The normalized spacial score (nSPS) is 20.9. The molecule has 0 bridgehead atoms. The van der Waals surface area contributed by atoms with Gasteiger partial charge in [-0.2, -0.15) is 0 Å². The summed E-state index contributed by atoms with van der Waals surface area (Å²) in [6, 6.07) is 8.79. The minimum atomic E-state index is -3.00. The number of amides is 1. The second kappa shape index (κ2) is 4.86. The molecule has 5 nitrogen and oxygen atoms in total. The number of nitrogens with one attached hydrogen (secondary N) is 1. The minimum absolute atomic E-state index is 0.0247. The van der Waals surface area contributed by atoms with Gasteiger partial charge in [0.05, 0.1) is 22.6 Å². The molecule has 1 saturated heterocycles. The van der Waals surface area contributed by atoms with E-state index in [0.717, 1.165) is 5.39 Å². The number of fused-ring (bicyclic) bond motifs is 1. The zero-order valence-corrected chi connectivity index (χ0v) is 11.6. The van der Waals surface area contributed by atoms with E-state index in [1.165, 1.54) is 0 Å². The topological polar surface area (TPSA) is 76.1 Å². The fourth-order valence-corrected chi connectivity index (χ4v) is 4.13. The average molecular weight is 290 g/mol. The Morgan fingerprint density at radius 2 is 2.05 bits per heavy atom. The van der Waals surface area contributed by atoms with Gasteiger partial charge >= 0.3 is 0 Å². The number of hydrogen-bond acceptors (Lipinski definition) is 4. The van der Waals surface area contributed by atoms with Gasteiger partial charge in [0, 0.05) is 17.6 Å². The fraction of sp³-hybridized carbons (Fsp3) is 0.286. The fourth-order valence-electron chi connectivity index (χ4n) is 2.46. The van der Waals surface area contributed by atoms with Crippen molar-refractivity contribution in [3.8, 4) is 0 Å². The van der Waals surface area contributed by atoms with Crippen molar-refractivity contribution in [2.75, 3.05) is 11.5 Å². The monoisotopic (exact) mass is 290 g/mol. The molecule has 0 unspecified atom stereocenters. The van der Waals surface area contributed by atoms with Crippen LogP contribution < -0.4 is 5.32 Å². The van der Waals surface area contributed by atoms with Gasteiger partial charge in [-0.3, -0.25) is 9.78 Å². The number of sulfone groups is 1. The molecule has 20 heavy (non-hydrogen) atoms. The Kier molecular flexibility index (Phi) is 3.17. The first-order chi connectivity index (χ1) is 9.55. The smallest absolute Gasteiger partial charge is 0.253 e. The van der Waals surface area contributed by atoms with Crippen molar-refractivity contribution in [2.24, 2.45) is 0 Å². The zero-order chi connectivity index (χ0) is 14.2. The van der Waals surface area contributed by atoms with Gasteiger partial charge in [0.1, 0.15) is 0 Å². The van der Waals surface area contributed by atoms with Gasteiger partial charge in [0.25, 0.3) is 5.91 Å². The molecule has 0 radical (unpaired) electrons. The standard InChI is InChI=1S/C14H14N2O3S/c17-14(16-11-6-8-20(18,19)9-11)12-5-1-3-10-4-2-7-15-13(10)12/h1-5,7,11H,6,8-9H2,(H,16,17)/t11-/m0/s1. The Morgan fingerprint density at radius 3 is 2.80 bits per heavy atom. The molecule has 0 saturated carbocycles. The van der Waals surface area contributed by atoms with Crippen LogP contribution in [0.4, 0.5) is 0 Å². The minimum Gasteiger partial charge on any atom is -0.348 e. The molecule has 2 aromatic rings. The summed E-state index contributed by atoms with van der Waals surface area (Å²) in [7, 11) is -3.00. The molecular weight excluding hydrogens is 276 g/mol. The lowest BCUT2D eigenvalue weighted by atomic mass is 10.1. The zero-order valence-electron chi connectivity index (χ0n) is 10.7. The lowest BCUT2D eigenvalue weighted by Gasteiger charge is -2.11. The molecule has 1 aliphatic heterocycles. The van der Waals surface area contributed by atoms with Gasteiger partial charge in [0.2, 0.25) is 0 Å². The molecule has 6 heteroatoms. The van der Waals surface area contributed by atoms with Crippen molar-refractivity contribution >= 4 is 26.6 Å². The van der Waals surface area contributed by atoms with Gasteiger partial charge in [0.15, 0.2) is 9.84 Å². The quantitative estimate of drug-likeness (QED) is 0.900. The first-order valence-electron chi connectivity index (χ1n) is 6.40. The van der Waals surface area contributed by atoms with Crippen LogP contribution in [0.1, 0.15) is 16.8 Å². The Labute approximate surface area is 116 Å². The summed E-state index contributed by atoms with van der Waals surface area (Å²) in [5, 5.41) is 3.67. The third-order valence-electron chi connectivity index (χ3n) is 3.44. The van der Waals surface area contributed by atoms with E-state index in [2.05, 4.69) is 10.3 Å². The maximum Gasteiger partial charge on any atom is 0.253 e. The molecule has 1 fully saturated rings. The Balaban J connectivity index is 1.86. The summed E-state index contributed by atoms with van der Waals surface area (Å²) in [5.74, 6) is -0.0979. The Morgan fingerprint density at radius 1 is 1.25 bits per heavy atom. The highest BCUT2D eigenvalue weighted by molar-refractivity contribution is 7.91. The van der Waals surface area contributed by atoms with Gasteiger partial charge in [-0.25, -0.2) is 8.42 Å². The second-order valence-corrected chi connectivity index (χ2v) is 7.18. The van der Waals surface area contributed by atoms with E-state index in [0.29, 0.717) is 17.5 Å². The number of carbonyl (C=O) groups excluding carboxylic acids is 1. The molecule has 1 aromatic heterocycles. The van der Waals surface area contributed by atoms with Crippen molar-refractivity contribution in [1.29, 1.82) is 0 Å². The predicted molar refractivity (Wildman–Crippen MR) is 76.3 cm³/mol. The molecule has 1 aromatic carbocycles. The van der Waals surface area contributed by atoms with E-state index >= 15 is 0 Å². The average Bonchev–Trinajstić information content (AvgIpc) is 2.77. The van der Waals surface area contributed by atoms with E-state index in [1.807, 2.05) is 18.2 Å². The number of pyridine rings is 1. The summed E-state index contributed by atoms with van der Waals surface area (Å²) in [6.45, 7) is 0. The van der Waals surface area contributed by atoms with Gasteiger partial charge in [-0.1, -0.05) is 18.2 Å². The molecule has 0 aliphatic carbocycles. The van der Waals surface area contributed by atoms with Crippen LogP contribution in [-0.2, 0) is 9.84 Å². The molecule has 104 valence electrons. The number of carbonyl (C=O) groups is 1. The maximum absolute atomic E-state index is 12.3. The lowest BCUT2D eigenvalue weighted by Crippen LogP contribution is -2.35. The van der Waals surface area contributed by atoms with Gasteiger partial charge in [-0.05, 0) is 18.6 Å². The lowest BCUT2D eigenvalue weighted by molar-refractivity contribution is 0.0942. The molecule has 1 atom stereocenters. The van der Waals surface area contributed by atoms with Crippen molar-refractivity contribution in [3.63, 3.8) is 0 Å². The molecule has 1 N–H and O–H groups in total. The second-order valence-electron chi connectivity index (χ2n) is 4.95. The number of rotatable bonds is 2. The van der Waals surface area contributed by atoms with Crippen LogP contribution in [0.2, 0.25) is 0 Å². The summed E-state index contributed by atoms with van der Waals surface area (Å²) < 4.78 is 22.8. The van der Waals surface area contributed by atoms with E-state index in [4.69, 9.17) is 0 Å². The molecule has 2 heterocycles. The Hall–Kier alpha value is -1.95. The number of aromatic nitrogens is 1. The van der Waals surface area contributed by atoms with Gasteiger partial charge < -0.3 is 5.32 Å². The predicted octanol–water partition coefficient (Wildman–Crippen LogP) is 1.15. The molecule has 0 spiro atoms. The maximum atomic E-state index is 12.3. The highest BCUT2D eigenvalue weighted by atomic mass is 32.2. The molecule has 3 rings (SSSR count). The highest BCUT2D eigenvalue weighted by Crippen LogP contribution is 2.17. The van der Waals surface area contributed by atoms with E-state index in [-0.39, 0.29) is 23.5 Å². The van der Waals surface area contributed by atoms with Crippen LogP contribution in [0.5, 0.6) is 0 Å². The number of para-hydroxylation sites is 1. The number of nitrogens with zero attached hydrogens (tertiary/aromatic N) is 1. The van der Waals surface area contributed by atoms with Crippen LogP contribution in [0.3, 0.4) is 0 Å². The molecule has 1 aliphatic rings. The van der Waals surface area contributed by atoms with Gasteiger partial charge in [-0.15, -0.1) is 0 Å². The summed E-state index contributed by atoms with van der Waals surface area (Å²) in [5.41, 5.74) is 1.11. The van der Waals surface area contributed by atoms with Crippen LogP contribution >= 0.6 is 0 Å². The third-order valence-corrected chi connectivity index (χ3v) is 5.21. The van der Waals surface area contributed by atoms with Crippen LogP contribution in [0, 0.1) is 0 Å². The molecular formula is C14H14N2O3S. The number of hydrogen-bond donors (Lipinski definition) is 1. The highest BCUT2D eigenvalue weighted by Gasteiger charge is 2.29. The first-order valence-corrected chi connectivity index (χ1v) is 8.22. The largest absolute Gasteiger partial charge is 0.348 e. The van der Waals surface area contributed by atoms with Crippen molar-refractivity contribution < 1.29 is 13.2 Å². The SMILES string of the molecule is O=C(N[C@H]1CCS(=O)(=O)C1)c1cccc2cccnc12. The molecule has 1 amide bonds. The third kappa shape index (κ3) is 2.51.